The molecule has 0 fully saturated rings. The number of nitrogens with one attached hydrogen (secondary N) is 2. The molecule has 0 atom stereocenters. The number of hydrogen-bond acceptors (Lipinski definition) is 1. The molecule has 0 saturated carbocycles. The smallest absolute Gasteiger partial charge is 0.0744 e. The number of H-pyrrole nitrogens is 1. The fourth-order valence-corrected chi connectivity index (χ4v) is 1.31. The number of halogens is 1. The van der Waals surface area contributed by atoms with Crippen LogP contribution < -0.4 is 4.84 Å². The summed E-state index contributed by atoms with van der Waals surface area (Å²) in [5.41, 5.74) is 2.01. The molecule has 1 aromatic heterocycles. The van der Waals surface area contributed by atoms with Crippen molar-refractivity contribution in [2.24, 2.45) is 0 Å². The molecule has 0 bridgehead atoms. The highest BCUT2D eigenvalue weighted by Gasteiger charge is 1.98. The molecule has 0 saturated heterocycles. The summed E-state index contributed by atoms with van der Waals surface area (Å²) in [5.74, 6) is 0. The summed E-state index contributed by atoms with van der Waals surface area (Å²) in [7, 11) is 0. The van der Waals surface area contributed by atoms with Crippen LogP contribution >= 0.6 is 11.8 Å². The Balaban J connectivity index is 2.76. The standard InChI is InChI=1S/C8H7ClN2/c9-11-8-5-10-7-4-2-1-3-6(7)8/h1-5,10-11H. The predicted octanol–water partition coefficient (Wildman–Crippen LogP) is 2.73. The maximum Gasteiger partial charge on any atom is 0.0744 e. The van der Waals surface area contributed by atoms with Crippen molar-refractivity contribution in [3.63, 3.8) is 0 Å². The minimum Gasteiger partial charge on any atom is -0.359 e. The molecule has 0 spiro atoms. The summed E-state index contributed by atoms with van der Waals surface area (Å²) in [4.78, 5) is 5.68. The highest BCUT2D eigenvalue weighted by molar-refractivity contribution is 6.25. The van der Waals surface area contributed by atoms with E-state index in [0.29, 0.717) is 0 Å². The van der Waals surface area contributed by atoms with Gasteiger partial charge in [-0.15, -0.1) is 0 Å². The number of benzene rings is 1. The van der Waals surface area contributed by atoms with E-state index in [1.165, 1.54) is 0 Å². The van der Waals surface area contributed by atoms with E-state index in [4.69, 9.17) is 11.8 Å². The predicted molar refractivity (Wildman–Crippen MR) is 47.8 cm³/mol. The second-order valence-electron chi connectivity index (χ2n) is 2.34. The van der Waals surface area contributed by atoms with Gasteiger partial charge in [-0.25, -0.2) is 0 Å². The maximum atomic E-state index is 5.48. The second-order valence-corrected chi connectivity index (χ2v) is 2.53. The number of rotatable bonds is 1. The Morgan fingerprint density at radius 2 is 2.09 bits per heavy atom. The van der Waals surface area contributed by atoms with Crippen LogP contribution in [-0.4, -0.2) is 4.98 Å². The molecule has 2 N–H and O–H groups in total. The average Bonchev–Trinajstić information content (AvgIpc) is 2.47. The number of aromatic nitrogens is 1. The Bertz CT molecular complexity index is 367. The Kier molecular flexibility index (Phi) is 1.47. The third-order valence-electron chi connectivity index (χ3n) is 1.69. The van der Waals surface area contributed by atoms with E-state index in [2.05, 4.69) is 9.82 Å². The lowest BCUT2D eigenvalue weighted by Crippen LogP contribution is -1.74. The van der Waals surface area contributed by atoms with Crippen molar-refractivity contribution in [2.75, 3.05) is 4.84 Å². The number of anilines is 1. The molecule has 2 aromatic rings. The van der Waals surface area contributed by atoms with E-state index in [0.717, 1.165) is 16.6 Å². The summed E-state index contributed by atoms with van der Waals surface area (Å²) in [5, 5.41) is 1.11. The molecule has 0 radical (unpaired) electrons. The lowest BCUT2D eigenvalue weighted by atomic mass is 10.2. The molecule has 1 aromatic carbocycles. The topological polar surface area (TPSA) is 27.8 Å². The molecule has 0 aliphatic heterocycles. The fourth-order valence-electron chi connectivity index (χ4n) is 1.15. The van der Waals surface area contributed by atoms with Gasteiger partial charge in [0, 0.05) is 28.9 Å². The number of aromatic amines is 1. The maximum absolute atomic E-state index is 5.48. The number of fused-ring (bicyclic) bond motifs is 1. The summed E-state index contributed by atoms with van der Waals surface area (Å²) < 4.78 is 0. The summed E-state index contributed by atoms with van der Waals surface area (Å²) in [6, 6.07) is 7.98. The molecule has 2 rings (SSSR count). The quantitative estimate of drug-likeness (QED) is 0.627. The highest BCUT2D eigenvalue weighted by Crippen LogP contribution is 2.22. The number of hydrogen-bond donors (Lipinski definition) is 2. The van der Waals surface area contributed by atoms with Crippen LogP contribution in [0.4, 0.5) is 5.69 Å². The van der Waals surface area contributed by atoms with E-state index < -0.39 is 0 Å². The van der Waals surface area contributed by atoms with Crippen LogP contribution in [0.15, 0.2) is 30.5 Å². The summed E-state index contributed by atoms with van der Waals surface area (Å²) in [6.45, 7) is 0. The van der Waals surface area contributed by atoms with Crippen molar-refractivity contribution in [3.8, 4) is 0 Å². The van der Waals surface area contributed by atoms with Crippen LogP contribution in [0.3, 0.4) is 0 Å². The van der Waals surface area contributed by atoms with Crippen LogP contribution in [0.1, 0.15) is 0 Å². The Labute approximate surface area is 69.3 Å². The van der Waals surface area contributed by atoms with E-state index in [9.17, 15) is 0 Å². The number of para-hydroxylation sites is 1. The molecular formula is C8H7ClN2. The van der Waals surface area contributed by atoms with Crippen molar-refractivity contribution in [2.45, 2.75) is 0 Å². The van der Waals surface area contributed by atoms with Gasteiger partial charge < -0.3 is 4.98 Å². The van der Waals surface area contributed by atoms with Crippen molar-refractivity contribution >= 4 is 28.4 Å². The molecule has 0 unspecified atom stereocenters. The average molecular weight is 167 g/mol. The molecule has 3 heteroatoms. The molecule has 56 valence electrons. The molecule has 0 aliphatic carbocycles. The first-order valence-electron chi connectivity index (χ1n) is 3.34. The monoisotopic (exact) mass is 166 g/mol. The van der Waals surface area contributed by atoms with Gasteiger partial charge in [0.1, 0.15) is 0 Å². The zero-order valence-corrected chi connectivity index (χ0v) is 6.52. The zero-order chi connectivity index (χ0) is 7.68. The van der Waals surface area contributed by atoms with E-state index in [1.807, 2.05) is 30.5 Å². The summed E-state index contributed by atoms with van der Waals surface area (Å²) >= 11 is 5.48. The van der Waals surface area contributed by atoms with E-state index in [1.54, 1.807) is 0 Å². The molecule has 0 amide bonds. The minimum atomic E-state index is 0.919. The van der Waals surface area contributed by atoms with E-state index >= 15 is 0 Å². The third-order valence-corrected chi connectivity index (χ3v) is 1.89. The van der Waals surface area contributed by atoms with Crippen LogP contribution in [0.25, 0.3) is 10.9 Å². The third kappa shape index (κ3) is 0.955. The van der Waals surface area contributed by atoms with Crippen molar-refractivity contribution in [3.05, 3.63) is 30.5 Å². The molecular weight excluding hydrogens is 160 g/mol. The minimum absolute atomic E-state index is 0.919. The second kappa shape index (κ2) is 2.47. The van der Waals surface area contributed by atoms with Crippen LogP contribution in [0, 0.1) is 0 Å². The van der Waals surface area contributed by atoms with Crippen LogP contribution in [0.5, 0.6) is 0 Å². The van der Waals surface area contributed by atoms with Crippen molar-refractivity contribution < 1.29 is 0 Å². The van der Waals surface area contributed by atoms with Gasteiger partial charge in [-0.3, -0.25) is 4.84 Å². The fraction of sp³-hybridized carbons (Fsp3) is 0. The van der Waals surface area contributed by atoms with Crippen LogP contribution in [-0.2, 0) is 0 Å². The van der Waals surface area contributed by atoms with Gasteiger partial charge in [-0.05, 0) is 6.07 Å². The molecule has 1 heterocycles. The first-order valence-corrected chi connectivity index (χ1v) is 3.72. The van der Waals surface area contributed by atoms with Gasteiger partial charge in [0.2, 0.25) is 0 Å². The first kappa shape index (κ1) is 6.55. The Morgan fingerprint density at radius 3 is 2.91 bits per heavy atom. The van der Waals surface area contributed by atoms with Crippen molar-refractivity contribution in [1.82, 2.24) is 4.98 Å². The lowest BCUT2D eigenvalue weighted by molar-refractivity contribution is 1.48. The zero-order valence-electron chi connectivity index (χ0n) is 5.76. The van der Waals surface area contributed by atoms with Gasteiger partial charge in [-0.1, -0.05) is 18.2 Å². The van der Waals surface area contributed by atoms with Gasteiger partial charge in [0.05, 0.1) is 5.69 Å². The SMILES string of the molecule is ClNc1c[nH]c2ccccc12. The lowest BCUT2D eigenvalue weighted by Gasteiger charge is -1.91. The van der Waals surface area contributed by atoms with E-state index in [-0.39, 0.29) is 0 Å². The Hall–Kier alpha value is -1.15. The van der Waals surface area contributed by atoms with Crippen LogP contribution in [0.2, 0.25) is 0 Å². The van der Waals surface area contributed by atoms with Gasteiger partial charge in [0.25, 0.3) is 0 Å². The van der Waals surface area contributed by atoms with Gasteiger partial charge in [-0.2, -0.15) is 0 Å². The molecule has 11 heavy (non-hydrogen) atoms. The Morgan fingerprint density at radius 1 is 1.27 bits per heavy atom. The van der Waals surface area contributed by atoms with Gasteiger partial charge >= 0.3 is 0 Å². The molecule has 2 nitrogen and oxygen atoms in total. The first-order chi connectivity index (χ1) is 5.42. The molecule has 0 aliphatic rings. The van der Waals surface area contributed by atoms with Gasteiger partial charge in [0.15, 0.2) is 0 Å². The highest BCUT2D eigenvalue weighted by atomic mass is 35.5. The summed E-state index contributed by atoms with van der Waals surface area (Å²) in [6.07, 6.45) is 1.84. The van der Waals surface area contributed by atoms with Crippen molar-refractivity contribution in [1.29, 1.82) is 0 Å². The normalized spacial score (nSPS) is 10.3. The largest absolute Gasteiger partial charge is 0.359 e.